The van der Waals surface area contributed by atoms with Crippen LogP contribution in [-0.4, -0.2) is 72.1 Å². The Morgan fingerprint density at radius 3 is 2.81 bits per heavy atom. The molecule has 0 amide bonds. The molecule has 4 rings (SSSR count). The summed E-state index contributed by atoms with van der Waals surface area (Å²) < 4.78 is 7.06. The van der Waals surface area contributed by atoms with Crippen LogP contribution >= 0.6 is 0 Å². The van der Waals surface area contributed by atoms with Gasteiger partial charge in [-0.05, 0) is 37.0 Å². The molecule has 0 aliphatic carbocycles. The predicted molar refractivity (Wildman–Crippen MR) is 105 cm³/mol. The van der Waals surface area contributed by atoms with E-state index in [0.29, 0.717) is 16.8 Å². The summed E-state index contributed by atoms with van der Waals surface area (Å²) in [6.07, 6.45) is 3.99. The first-order valence-corrected chi connectivity index (χ1v) is 9.90. The van der Waals surface area contributed by atoms with Gasteiger partial charge in [-0.3, -0.25) is 14.3 Å². The lowest BCUT2D eigenvalue weighted by molar-refractivity contribution is 0.0377. The molecule has 2 saturated heterocycles. The molecular weight excluding hydrogens is 344 g/mol. The number of hydrogen-bond donors (Lipinski definition) is 1. The van der Waals surface area contributed by atoms with E-state index in [-0.39, 0.29) is 18.7 Å². The Hall–Kier alpha value is -1.96. The summed E-state index contributed by atoms with van der Waals surface area (Å²) in [5, 5.41) is 9.65. The molecule has 7 heteroatoms. The van der Waals surface area contributed by atoms with Crippen LogP contribution in [0, 0.1) is 5.92 Å². The van der Waals surface area contributed by atoms with Crippen molar-refractivity contribution >= 4 is 16.6 Å². The quantitative estimate of drug-likeness (QED) is 0.842. The highest BCUT2D eigenvalue weighted by molar-refractivity contribution is 5.81. The molecule has 146 valence electrons. The number of rotatable bonds is 5. The minimum absolute atomic E-state index is 0.0670. The number of benzene rings is 1. The van der Waals surface area contributed by atoms with E-state index in [2.05, 4.69) is 14.8 Å². The maximum atomic E-state index is 12.4. The molecule has 1 aromatic carbocycles. The van der Waals surface area contributed by atoms with Crippen LogP contribution in [0.25, 0.3) is 10.9 Å². The Labute approximate surface area is 159 Å². The van der Waals surface area contributed by atoms with Gasteiger partial charge in [0.25, 0.3) is 5.56 Å². The molecule has 1 atom stereocenters. The fraction of sp³-hybridized carbons (Fsp3) is 0.600. The van der Waals surface area contributed by atoms with Gasteiger partial charge < -0.3 is 14.7 Å². The zero-order valence-electron chi connectivity index (χ0n) is 15.7. The van der Waals surface area contributed by atoms with Crippen molar-refractivity contribution in [2.24, 2.45) is 5.92 Å². The first-order chi connectivity index (χ1) is 13.2. The van der Waals surface area contributed by atoms with E-state index in [9.17, 15) is 4.79 Å². The van der Waals surface area contributed by atoms with Crippen LogP contribution in [0.15, 0.2) is 29.3 Å². The van der Waals surface area contributed by atoms with Gasteiger partial charge >= 0.3 is 0 Å². The number of fused-ring (bicyclic) bond motifs is 1. The topological polar surface area (TPSA) is 70.8 Å². The second-order valence-electron chi connectivity index (χ2n) is 7.54. The maximum Gasteiger partial charge on any atom is 0.261 e. The first-order valence-electron chi connectivity index (χ1n) is 9.90. The number of aliphatic hydroxyl groups is 1. The normalized spacial score (nSPS) is 21.7. The minimum Gasteiger partial charge on any atom is -0.395 e. The fourth-order valence-corrected chi connectivity index (χ4v) is 4.12. The average Bonchev–Trinajstić information content (AvgIpc) is 2.71. The second kappa shape index (κ2) is 8.37. The van der Waals surface area contributed by atoms with Gasteiger partial charge in [-0.25, -0.2) is 4.98 Å². The van der Waals surface area contributed by atoms with E-state index in [0.717, 1.165) is 51.6 Å². The lowest BCUT2D eigenvalue weighted by Crippen LogP contribution is -2.48. The van der Waals surface area contributed by atoms with Crippen LogP contribution < -0.4 is 10.5 Å². The molecule has 1 unspecified atom stereocenters. The Bertz CT molecular complexity index is 824. The standard InChI is InChI=1S/C20H28N4O3/c25-10-9-24-15-21-19-12-17(3-4-18(19)20(24)26)23-7-5-22(6-8-23)13-16-2-1-11-27-14-16/h3-4,12,15-16,25H,1-2,5-11,13-14H2. The molecule has 27 heavy (non-hydrogen) atoms. The van der Waals surface area contributed by atoms with Crippen molar-refractivity contribution in [1.29, 1.82) is 0 Å². The monoisotopic (exact) mass is 372 g/mol. The van der Waals surface area contributed by atoms with E-state index in [1.165, 1.54) is 23.7 Å². The average molecular weight is 372 g/mol. The smallest absolute Gasteiger partial charge is 0.261 e. The number of aromatic nitrogens is 2. The van der Waals surface area contributed by atoms with Crippen molar-refractivity contribution in [3.05, 3.63) is 34.9 Å². The molecule has 1 N–H and O–H groups in total. The van der Waals surface area contributed by atoms with Crippen LogP contribution in [0.2, 0.25) is 0 Å². The van der Waals surface area contributed by atoms with Crippen molar-refractivity contribution in [2.75, 3.05) is 57.4 Å². The Morgan fingerprint density at radius 2 is 2.07 bits per heavy atom. The van der Waals surface area contributed by atoms with E-state index in [1.807, 2.05) is 18.2 Å². The van der Waals surface area contributed by atoms with E-state index < -0.39 is 0 Å². The number of hydrogen-bond acceptors (Lipinski definition) is 6. The van der Waals surface area contributed by atoms with Gasteiger partial charge in [-0.2, -0.15) is 0 Å². The number of nitrogens with zero attached hydrogens (tertiary/aromatic N) is 4. The molecule has 2 aromatic rings. The van der Waals surface area contributed by atoms with Crippen molar-refractivity contribution in [2.45, 2.75) is 19.4 Å². The van der Waals surface area contributed by atoms with Gasteiger partial charge in [0, 0.05) is 45.0 Å². The van der Waals surface area contributed by atoms with Crippen molar-refractivity contribution in [3.63, 3.8) is 0 Å². The van der Waals surface area contributed by atoms with Crippen LogP contribution in [0.4, 0.5) is 5.69 Å². The van der Waals surface area contributed by atoms with Crippen LogP contribution in [0.3, 0.4) is 0 Å². The van der Waals surface area contributed by atoms with Crippen molar-refractivity contribution in [3.8, 4) is 0 Å². The molecule has 0 radical (unpaired) electrons. The SMILES string of the molecule is O=c1c2ccc(N3CCN(CC4CCCOC4)CC3)cc2ncn1CCO. The largest absolute Gasteiger partial charge is 0.395 e. The highest BCUT2D eigenvalue weighted by Gasteiger charge is 2.22. The second-order valence-corrected chi connectivity index (χ2v) is 7.54. The maximum absolute atomic E-state index is 12.4. The Kier molecular flexibility index (Phi) is 5.71. The van der Waals surface area contributed by atoms with Crippen LogP contribution in [0.1, 0.15) is 12.8 Å². The lowest BCUT2D eigenvalue weighted by Gasteiger charge is -2.38. The zero-order chi connectivity index (χ0) is 18.6. The van der Waals surface area contributed by atoms with Crippen LogP contribution in [0.5, 0.6) is 0 Å². The summed E-state index contributed by atoms with van der Waals surface area (Å²) in [5.41, 5.74) is 1.74. The lowest BCUT2D eigenvalue weighted by atomic mass is 10.0. The van der Waals surface area contributed by atoms with E-state index in [1.54, 1.807) is 0 Å². The molecule has 0 spiro atoms. The zero-order valence-corrected chi connectivity index (χ0v) is 15.7. The molecule has 2 aliphatic heterocycles. The van der Waals surface area contributed by atoms with E-state index in [4.69, 9.17) is 9.84 Å². The van der Waals surface area contributed by atoms with Gasteiger partial charge in [-0.1, -0.05) is 0 Å². The first kappa shape index (κ1) is 18.4. The van der Waals surface area contributed by atoms with Gasteiger partial charge in [-0.15, -0.1) is 0 Å². The number of anilines is 1. The molecule has 2 fully saturated rings. The predicted octanol–water partition coefficient (Wildman–Crippen LogP) is 0.937. The molecule has 0 saturated carbocycles. The number of aliphatic hydroxyl groups excluding tert-OH is 1. The summed E-state index contributed by atoms with van der Waals surface area (Å²) in [6.45, 7) is 7.26. The molecule has 0 bridgehead atoms. The van der Waals surface area contributed by atoms with Crippen molar-refractivity contribution < 1.29 is 9.84 Å². The summed E-state index contributed by atoms with van der Waals surface area (Å²) in [6, 6.07) is 5.88. The van der Waals surface area contributed by atoms with Crippen LogP contribution in [-0.2, 0) is 11.3 Å². The third-order valence-corrected chi connectivity index (χ3v) is 5.66. The van der Waals surface area contributed by atoms with Gasteiger partial charge in [0.05, 0.1) is 37.0 Å². The van der Waals surface area contributed by atoms with Gasteiger partial charge in [0.2, 0.25) is 0 Å². The van der Waals surface area contributed by atoms with Crippen molar-refractivity contribution in [1.82, 2.24) is 14.5 Å². The van der Waals surface area contributed by atoms with Gasteiger partial charge in [0.1, 0.15) is 0 Å². The fourth-order valence-electron chi connectivity index (χ4n) is 4.12. The summed E-state index contributed by atoms with van der Waals surface area (Å²) >= 11 is 0. The molecule has 7 nitrogen and oxygen atoms in total. The molecule has 1 aromatic heterocycles. The Morgan fingerprint density at radius 1 is 1.22 bits per heavy atom. The summed E-state index contributed by atoms with van der Waals surface area (Å²) in [7, 11) is 0. The van der Waals surface area contributed by atoms with Gasteiger partial charge in [0.15, 0.2) is 0 Å². The third kappa shape index (κ3) is 4.15. The minimum atomic E-state index is -0.0971. The number of ether oxygens (including phenoxy) is 1. The molecule has 2 aliphatic rings. The highest BCUT2D eigenvalue weighted by Crippen LogP contribution is 2.22. The third-order valence-electron chi connectivity index (χ3n) is 5.66. The Balaban J connectivity index is 1.41. The summed E-state index contributed by atoms with van der Waals surface area (Å²) in [5.74, 6) is 0.677. The summed E-state index contributed by atoms with van der Waals surface area (Å²) in [4.78, 5) is 21.7. The van der Waals surface area contributed by atoms with E-state index >= 15 is 0 Å². The molecular formula is C20H28N4O3. The molecule has 3 heterocycles. The number of piperazine rings is 1. The highest BCUT2D eigenvalue weighted by atomic mass is 16.5.